The van der Waals surface area contributed by atoms with Crippen molar-refractivity contribution in [2.45, 2.75) is 44.6 Å². The number of pyridine rings is 1. The second-order valence-corrected chi connectivity index (χ2v) is 8.21. The van der Waals surface area contributed by atoms with E-state index in [-0.39, 0.29) is 6.04 Å². The molecule has 0 saturated heterocycles. The quantitative estimate of drug-likeness (QED) is 0.888. The van der Waals surface area contributed by atoms with Crippen molar-refractivity contribution in [1.82, 2.24) is 4.98 Å². The van der Waals surface area contributed by atoms with Gasteiger partial charge < -0.3 is 5.73 Å². The summed E-state index contributed by atoms with van der Waals surface area (Å²) in [6, 6.07) is 11.0. The van der Waals surface area contributed by atoms with Gasteiger partial charge >= 0.3 is 0 Å². The van der Waals surface area contributed by atoms with Crippen molar-refractivity contribution in [2.24, 2.45) is 28.9 Å². The highest BCUT2D eigenvalue weighted by molar-refractivity contribution is 5.79. The molecule has 114 valence electrons. The molecule has 1 unspecified atom stereocenters. The first kappa shape index (κ1) is 13.1. The molecule has 2 heteroatoms. The summed E-state index contributed by atoms with van der Waals surface area (Å²) in [5.41, 5.74) is 9.64. The molecule has 2 aromatic rings. The first-order valence-electron chi connectivity index (χ1n) is 8.82. The van der Waals surface area contributed by atoms with E-state index >= 15 is 0 Å². The Morgan fingerprint density at radius 3 is 2.36 bits per heavy atom. The van der Waals surface area contributed by atoms with Crippen LogP contribution in [0.1, 0.15) is 50.1 Å². The minimum atomic E-state index is 0.200. The summed E-state index contributed by atoms with van der Waals surface area (Å²) in [7, 11) is 0. The monoisotopic (exact) mass is 292 g/mol. The molecule has 1 aromatic carbocycles. The smallest absolute Gasteiger partial charge is 0.0702 e. The van der Waals surface area contributed by atoms with Crippen LogP contribution in [0.15, 0.2) is 36.5 Å². The topological polar surface area (TPSA) is 38.9 Å². The minimum absolute atomic E-state index is 0.200. The molecule has 6 rings (SSSR count). The zero-order valence-corrected chi connectivity index (χ0v) is 13.0. The average molecular weight is 292 g/mol. The maximum absolute atomic E-state index is 6.86. The number of rotatable bonds is 2. The van der Waals surface area contributed by atoms with E-state index in [1.807, 2.05) is 12.3 Å². The van der Waals surface area contributed by atoms with Crippen LogP contribution < -0.4 is 5.73 Å². The SMILES string of the molecule is NC(c1ccc2ncccc2c1)C12CC3CC(CC(C3)C1)C2. The Balaban J connectivity index is 1.53. The predicted molar refractivity (Wildman–Crippen MR) is 89.3 cm³/mol. The van der Waals surface area contributed by atoms with Crippen molar-refractivity contribution in [3.8, 4) is 0 Å². The van der Waals surface area contributed by atoms with Crippen molar-refractivity contribution >= 4 is 10.9 Å². The van der Waals surface area contributed by atoms with Crippen LogP contribution in [0.25, 0.3) is 10.9 Å². The first-order valence-corrected chi connectivity index (χ1v) is 8.82. The molecule has 2 nitrogen and oxygen atoms in total. The van der Waals surface area contributed by atoms with Gasteiger partial charge in [-0.1, -0.05) is 12.1 Å². The van der Waals surface area contributed by atoms with Gasteiger partial charge in [0.25, 0.3) is 0 Å². The maximum Gasteiger partial charge on any atom is 0.0702 e. The lowest BCUT2D eigenvalue weighted by atomic mass is 9.47. The van der Waals surface area contributed by atoms with Crippen molar-refractivity contribution in [2.75, 3.05) is 0 Å². The summed E-state index contributed by atoms with van der Waals surface area (Å²) < 4.78 is 0. The third kappa shape index (κ3) is 1.86. The molecule has 4 saturated carbocycles. The van der Waals surface area contributed by atoms with Crippen LogP contribution >= 0.6 is 0 Å². The molecule has 4 bridgehead atoms. The molecule has 2 N–H and O–H groups in total. The normalized spacial score (nSPS) is 37.6. The van der Waals surface area contributed by atoms with Gasteiger partial charge in [-0.3, -0.25) is 4.98 Å². The van der Waals surface area contributed by atoms with Crippen LogP contribution in [0.4, 0.5) is 0 Å². The maximum atomic E-state index is 6.86. The van der Waals surface area contributed by atoms with Gasteiger partial charge in [0.1, 0.15) is 0 Å². The summed E-state index contributed by atoms with van der Waals surface area (Å²) in [5, 5.41) is 1.22. The number of nitrogens with zero attached hydrogens (tertiary/aromatic N) is 1. The number of fused-ring (bicyclic) bond motifs is 1. The molecule has 0 aliphatic heterocycles. The van der Waals surface area contributed by atoms with Crippen LogP contribution in [-0.4, -0.2) is 4.98 Å². The van der Waals surface area contributed by atoms with Crippen LogP contribution in [0.5, 0.6) is 0 Å². The van der Waals surface area contributed by atoms with Crippen LogP contribution in [-0.2, 0) is 0 Å². The van der Waals surface area contributed by atoms with Crippen molar-refractivity contribution in [3.05, 3.63) is 42.1 Å². The number of aromatic nitrogens is 1. The molecule has 1 aromatic heterocycles. The molecular formula is C20H24N2. The van der Waals surface area contributed by atoms with Gasteiger partial charge in [0.05, 0.1) is 5.52 Å². The van der Waals surface area contributed by atoms with Gasteiger partial charge in [-0.2, -0.15) is 0 Å². The lowest BCUT2D eigenvalue weighted by Gasteiger charge is -2.59. The highest BCUT2D eigenvalue weighted by atomic mass is 14.7. The van der Waals surface area contributed by atoms with Gasteiger partial charge in [0, 0.05) is 17.6 Å². The Morgan fingerprint density at radius 2 is 1.68 bits per heavy atom. The van der Waals surface area contributed by atoms with E-state index in [2.05, 4.69) is 29.2 Å². The van der Waals surface area contributed by atoms with Gasteiger partial charge in [-0.05, 0) is 85.5 Å². The van der Waals surface area contributed by atoms with Crippen molar-refractivity contribution in [3.63, 3.8) is 0 Å². The van der Waals surface area contributed by atoms with E-state index in [4.69, 9.17) is 5.73 Å². The van der Waals surface area contributed by atoms with Crippen LogP contribution in [0, 0.1) is 23.2 Å². The zero-order valence-electron chi connectivity index (χ0n) is 13.0. The summed E-state index contributed by atoms with van der Waals surface area (Å²) in [4.78, 5) is 4.43. The molecule has 1 heterocycles. The highest BCUT2D eigenvalue weighted by Crippen LogP contribution is 2.63. The lowest BCUT2D eigenvalue weighted by Crippen LogP contribution is -2.50. The van der Waals surface area contributed by atoms with E-state index in [0.29, 0.717) is 5.41 Å². The fourth-order valence-electron chi connectivity index (χ4n) is 6.20. The van der Waals surface area contributed by atoms with E-state index in [1.165, 1.54) is 49.5 Å². The summed E-state index contributed by atoms with van der Waals surface area (Å²) >= 11 is 0. The van der Waals surface area contributed by atoms with Crippen molar-refractivity contribution < 1.29 is 0 Å². The number of nitrogens with two attached hydrogens (primary N) is 1. The third-order valence-corrected chi connectivity index (χ3v) is 6.73. The standard InChI is InChI=1S/C20H24N2/c21-19(17-3-4-18-16(9-17)2-1-5-22-18)20-10-13-6-14(11-20)8-15(7-13)12-20/h1-5,9,13-15,19H,6-8,10-12,21H2. The first-order chi connectivity index (χ1) is 10.7. The molecule has 0 spiro atoms. The Morgan fingerprint density at radius 1 is 1.00 bits per heavy atom. The Labute approximate surface area is 132 Å². The molecule has 4 aliphatic rings. The van der Waals surface area contributed by atoms with Gasteiger partial charge in [-0.15, -0.1) is 0 Å². The fraction of sp³-hybridized carbons (Fsp3) is 0.550. The second kappa shape index (κ2) is 4.55. The highest BCUT2D eigenvalue weighted by Gasteiger charge is 2.53. The van der Waals surface area contributed by atoms with Crippen molar-refractivity contribution in [1.29, 1.82) is 0 Å². The average Bonchev–Trinajstić information content (AvgIpc) is 2.52. The zero-order chi connectivity index (χ0) is 14.7. The third-order valence-electron chi connectivity index (χ3n) is 6.73. The summed E-state index contributed by atoms with van der Waals surface area (Å²) in [5.74, 6) is 2.87. The summed E-state index contributed by atoms with van der Waals surface area (Å²) in [6.45, 7) is 0. The molecule has 4 fully saturated rings. The van der Waals surface area contributed by atoms with Gasteiger partial charge in [0.15, 0.2) is 0 Å². The molecule has 0 amide bonds. The molecule has 22 heavy (non-hydrogen) atoms. The lowest BCUT2D eigenvalue weighted by molar-refractivity contribution is -0.0677. The fourth-order valence-corrected chi connectivity index (χ4v) is 6.20. The number of benzene rings is 1. The molecule has 1 atom stereocenters. The van der Waals surface area contributed by atoms with E-state index in [0.717, 1.165) is 23.3 Å². The predicted octanol–water partition coefficient (Wildman–Crippen LogP) is 4.45. The van der Waals surface area contributed by atoms with E-state index < -0.39 is 0 Å². The Bertz CT molecular complexity index is 685. The summed E-state index contributed by atoms with van der Waals surface area (Å²) in [6.07, 6.45) is 10.4. The Hall–Kier alpha value is -1.41. The number of hydrogen-bond donors (Lipinski definition) is 1. The largest absolute Gasteiger partial charge is 0.323 e. The Kier molecular flexibility index (Phi) is 2.70. The van der Waals surface area contributed by atoms with E-state index in [9.17, 15) is 0 Å². The van der Waals surface area contributed by atoms with E-state index in [1.54, 1.807) is 0 Å². The van der Waals surface area contributed by atoms with Crippen LogP contribution in [0.2, 0.25) is 0 Å². The molecule has 0 radical (unpaired) electrons. The molecular weight excluding hydrogens is 268 g/mol. The van der Waals surface area contributed by atoms with Gasteiger partial charge in [-0.25, -0.2) is 0 Å². The number of hydrogen-bond acceptors (Lipinski definition) is 2. The van der Waals surface area contributed by atoms with Crippen LogP contribution in [0.3, 0.4) is 0 Å². The van der Waals surface area contributed by atoms with Gasteiger partial charge in [0.2, 0.25) is 0 Å². The molecule has 4 aliphatic carbocycles. The minimum Gasteiger partial charge on any atom is -0.323 e. The second-order valence-electron chi connectivity index (χ2n) is 8.21.